The van der Waals surface area contributed by atoms with E-state index < -0.39 is 0 Å². The molecule has 1 aromatic carbocycles. The number of likely N-dealkylation sites (tertiary alicyclic amines) is 1. The zero-order chi connectivity index (χ0) is 20.4. The predicted molar refractivity (Wildman–Crippen MR) is 108 cm³/mol. The van der Waals surface area contributed by atoms with Gasteiger partial charge in [0.05, 0.1) is 5.92 Å². The van der Waals surface area contributed by atoms with Crippen molar-refractivity contribution in [3.05, 3.63) is 35.4 Å². The number of rotatable bonds is 4. The van der Waals surface area contributed by atoms with Gasteiger partial charge in [0.15, 0.2) is 0 Å². The van der Waals surface area contributed by atoms with E-state index in [-0.39, 0.29) is 29.7 Å². The standard InChI is InChI=1S/C22H31N3O3/c1-15(2)17-5-7-18(8-6-17)21(27)23-9-11-24(12-10-23)22(28)19-13-20(26)25(14-19)16(3)4/h5-8,15-16,19H,9-14H2,1-4H3. The minimum Gasteiger partial charge on any atom is -0.339 e. The van der Waals surface area contributed by atoms with Crippen molar-refractivity contribution in [2.75, 3.05) is 32.7 Å². The van der Waals surface area contributed by atoms with Crippen molar-refractivity contribution < 1.29 is 14.4 Å². The first-order valence-electron chi connectivity index (χ1n) is 10.3. The molecule has 2 heterocycles. The molecule has 3 amide bonds. The molecule has 0 saturated carbocycles. The molecule has 6 heteroatoms. The zero-order valence-corrected chi connectivity index (χ0v) is 17.4. The summed E-state index contributed by atoms with van der Waals surface area (Å²) in [4.78, 5) is 43.0. The summed E-state index contributed by atoms with van der Waals surface area (Å²) in [7, 11) is 0. The Bertz CT molecular complexity index is 734. The molecule has 2 saturated heterocycles. The van der Waals surface area contributed by atoms with Crippen LogP contribution in [-0.2, 0) is 9.59 Å². The Balaban J connectivity index is 1.55. The summed E-state index contributed by atoms with van der Waals surface area (Å²) in [5, 5.41) is 0. The van der Waals surface area contributed by atoms with Crippen molar-refractivity contribution in [2.24, 2.45) is 5.92 Å². The Kier molecular flexibility index (Phi) is 6.06. The lowest BCUT2D eigenvalue weighted by Crippen LogP contribution is -2.52. The fraction of sp³-hybridized carbons (Fsp3) is 0.591. The molecule has 0 bridgehead atoms. The summed E-state index contributed by atoms with van der Waals surface area (Å²) >= 11 is 0. The Hall–Kier alpha value is -2.37. The van der Waals surface area contributed by atoms with Crippen molar-refractivity contribution in [3.8, 4) is 0 Å². The number of hydrogen-bond acceptors (Lipinski definition) is 3. The highest BCUT2D eigenvalue weighted by Gasteiger charge is 2.38. The van der Waals surface area contributed by atoms with Gasteiger partial charge in [0, 0.05) is 50.7 Å². The molecule has 0 aromatic heterocycles. The van der Waals surface area contributed by atoms with Gasteiger partial charge in [0.1, 0.15) is 0 Å². The highest BCUT2D eigenvalue weighted by atomic mass is 16.2. The average molecular weight is 386 g/mol. The summed E-state index contributed by atoms with van der Waals surface area (Å²) in [6.45, 7) is 10.8. The third-order valence-electron chi connectivity index (χ3n) is 5.83. The van der Waals surface area contributed by atoms with Crippen LogP contribution >= 0.6 is 0 Å². The normalized spacial score (nSPS) is 20.4. The van der Waals surface area contributed by atoms with E-state index in [0.717, 1.165) is 0 Å². The van der Waals surface area contributed by atoms with Crippen LogP contribution in [0.25, 0.3) is 0 Å². The number of amides is 3. The lowest BCUT2D eigenvalue weighted by atomic mass is 10.0. The largest absolute Gasteiger partial charge is 0.339 e. The van der Waals surface area contributed by atoms with Gasteiger partial charge >= 0.3 is 0 Å². The van der Waals surface area contributed by atoms with Crippen LogP contribution in [-0.4, -0.2) is 71.2 Å². The molecule has 1 aromatic rings. The van der Waals surface area contributed by atoms with Crippen LogP contribution in [0.1, 0.15) is 56.0 Å². The molecule has 0 spiro atoms. The zero-order valence-electron chi connectivity index (χ0n) is 17.4. The highest BCUT2D eigenvalue weighted by Crippen LogP contribution is 2.23. The van der Waals surface area contributed by atoms with E-state index in [1.54, 1.807) is 4.90 Å². The summed E-state index contributed by atoms with van der Waals surface area (Å²) in [6.07, 6.45) is 0.304. The van der Waals surface area contributed by atoms with Crippen molar-refractivity contribution >= 4 is 17.7 Å². The van der Waals surface area contributed by atoms with E-state index in [1.807, 2.05) is 47.9 Å². The fourth-order valence-electron chi connectivity index (χ4n) is 3.98. The summed E-state index contributed by atoms with van der Waals surface area (Å²) < 4.78 is 0. The van der Waals surface area contributed by atoms with Crippen LogP contribution in [0.5, 0.6) is 0 Å². The van der Waals surface area contributed by atoms with Gasteiger partial charge in [0.25, 0.3) is 5.91 Å². The third kappa shape index (κ3) is 4.21. The van der Waals surface area contributed by atoms with Gasteiger partial charge in [-0.05, 0) is 37.5 Å². The second kappa shape index (κ2) is 8.33. The first-order chi connectivity index (χ1) is 13.3. The minimum absolute atomic E-state index is 0.0180. The van der Waals surface area contributed by atoms with E-state index in [1.165, 1.54) is 5.56 Å². The maximum Gasteiger partial charge on any atom is 0.253 e. The Morgan fingerprint density at radius 2 is 1.50 bits per heavy atom. The molecule has 152 valence electrons. The van der Waals surface area contributed by atoms with Gasteiger partial charge in [-0.3, -0.25) is 14.4 Å². The highest BCUT2D eigenvalue weighted by molar-refractivity contribution is 5.94. The van der Waals surface area contributed by atoms with Crippen LogP contribution in [0.4, 0.5) is 0 Å². The molecular formula is C22H31N3O3. The van der Waals surface area contributed by atoms with Gasteiger partial charge < -0.3 is 14.7 Å². The Morgan fingerprint density at radius 3 is 2.00 bits per heavy atom. The molecule has 3 rings (SSSR count). The van der Waals surface area contributed by atoms with Crippen molar-refractivity contribution in [1.29, 1.82) is 0 Å². The number of piperazine rings is 1. The first kappa shape index (κ1) is 20.4. The monoisotopic (exact) mass is 385 g/mol. The van der Waals surface area contributed by atoms with E-state index in [2.05, 4.69) is 13.8 Å². The molecule has 28 heavy (non-hydrogen) atoms. The summed E-state index contributed by atoms with van der Waals surface area (Å²) in [5.41, 5.74) is 1.91. The van der Waals surface area contributed by atoms with E-state index >= 15 is 0 Å². The van der Waals surface area contributed by atoms with Crippen molar-refractivity contribution in [1.82, 2.24) is 14.7 Å². The van der Waals surface area contributed by atoms with Gasteiger partial charge in [-0.2, -0.15) is 0 Å². The SMILES string of the molecule is CC(C)c1ccc(C(=O)N2CCN(C(=O)C3CC(=O)N(C(C)C)C3)CC2)cc1. The quantitative estimate of drug-likeness (QED) is 0.799. The molecule has 0 radical (unpaired) electrons. The van der Waals surface area contributed by atoms with Gasteiger partial charge in [-0.15, -0.1) is 0 Å². The van der Waals surface area contributed by atoms with Crippen LogP contribution < -0.4 is 0 Å². The second-order valence-electron chi connectivity index (χ2n) is 8.44. The molecule has 2 aliphatic rings. The van der Waals surface area contributed by atoms with Crippen molar-refractivity contribution in [2.45, 2.75) is 46.1 Å². The number of carbonyl (C=O) groups is 3. The number of benzene rings is 1. The lowest BCUT2D eigenvalue weighted by molar-refractivity contribution is -0.137. The minimum atomic E-state index is -0.249. The van der Waals surface area contributed by atoms with Crippen LogP contribution in [0.2, 0.25) is 0 Å². The first-order valence-corrected chi connectivity index (χ1v) is 10.3. The number of carbonyl (C=O) groups excluding carboxylic acids is 3. The average Bonchev–Trinajstić information content (AvgIpc) is 3.09. The maximum atomic E-state index is 12.8. The Labute approximate surface area is 167 Å². The summed E-state index contributed by atoms with van der Waals surface area (Å²) in [6, 6.07) is 7.92. The molecule has 1 atom stereocenters. The maximum absolute atomic E-state index is 12.8. The smallest absolute Gasteiger partial charge is 0.253 e. The van der Waals surface area contributed by atoms with Gasteiger partial charge in [-0.1, -0.05) is 26.0 Å². The van der Waals surface area contributed by atoms with Crippen LogP contribution in [0, 0.1) is 5.92 Å². The lowest BCUT2D eigenvalue weighted by Gasteiger charge is -2.36. The third-order valence-corrected chi connectivity index (χ3v) is 5.83. The molecule has 0 N–H and O–H groups in total. The Morgan fingerprint density at radius 1 is 0.929 bits per heavy atom. The summed E-state index contributed by atoms with van der Waals surface area (Å²) in [5.74, 6) is 0.315. The number of nitrogens with zero attached hydrogens (tertiary/aromatic N) is 3. The van der Waals surface area contributed by atoms with Gasteiger partial charge in [-0.25, -0.2) is 0 Å². The van der Waals surface area contributed by atoms with Crippen LogP contribution in [0.15, 0.2) is 24.3 Å². The molecule has 2 fully saturated rings. The molecular weight excluding hydrogens is 354 g/mol. The van der Waals surface area contributed by atoms with Crippen LogP contribution in [0.3, 0.4) is 0 Å². The molecule has 2 aliphatic heterocycles. The van der Waals surface area contributed by atoms with E-state index in [4.69, 9.17) is 0 Å². The molecule has 0 aliphatic carbocycles. The fourth-order valence-corrected chi connectivity index (χ4v) is 3.98. The predicted octanol–water partition coefficient (Wildman–Crippen LogP) is 2.35. The molecule has 6 nitrogen and oxygen atoms in total. The topological polar surface area (TPSA) is 60.9 Å². The molecule has 1 unspecified atom stereocenters. The number of hydrogen-bond donors (Lipinski definition) is 0. The second-order valence-corrected chi connectivity index (χ2v) is 8.44. The van der Waals surface area contributed by atoms with Gasteiger partial charge in [0.2, 0.25) is 11.8 Å². The van der Waals surface area contributed by atoms with Crippen molar-refractivity contribution in [3.63, 3.8) is 0 Å². The van der Waals surface area contributed by atoms with E-state index in [0.29, 0.717) is 50.6 Å². The van der Waals surface area contributed by atoms with E-state index in [9.17, 15) is 14.4 Å².